The number of rotatable bonds is 1. The fourth-order valence-electron chi connectivity index (χ4n) is 1.83. The highest BCUT2D eigenvalue weighted by atomic mass is 79.9. The molecule has 1 aromatic rings. The van der Waals surface area contributed by atoms with Crippen LogP contribution in [0.3, 0.4) is 0 Å². The van der Waals surface area contributed by atoms with Crippen LogP contribution in [0.5, 0.6) is 0 Å². The predicted molar refractivity (Wildman–Crippen MR) is 54.0 cm³/mol. The zero-order chi connectivity index (χ0) is 11.0. The predicted octanol–water partition coefficient (Wildman–Crippen LogP) is 3.29. The van der Waals surface area contributed by atoms with Gasteiger partial charge in [0.2, 0.25) is 0 Å². The van der Waals surface area contributed by atoms with Crippen molar-refractivity contribution in [3.8, 4) is 0 Å². The zero-order valence-corrected chi connectivity index (χ0v) is 9.37. The number of hydrogen-bond donors (Lipinski definition) is 1. The quantitative estimate of drug-likeness (QED) is 0.615. The van der Waals surface area contributed by atoms with Gasteiger partial charge in [-0.05, 0) is 35.3 Å². The van der Waals surface area contributed by atoms with Crippen LogP contribution in [0.25, 0.3) is 0 Å². The van der Waals surface area contributed by atoms with E-state index >= 15 is 0 Å². The molecule has 1 nitrogen and oxygen atoms in total. The van der Waals surface area contributed by atoms with Gasteiger partial charge in [0.1, 0.15) is 17.5 Å². The molecule has 1 aliphatic rings. The van der Waals surface area contributed by atoms with Crippen LogP contribution >= 0.6 is 15.9 Å². The van der Waals surface area contributed by atoms with E-state index in [4.69, 9.17) is 0 Å². The van der Waals surface area contributed by atoms with E-state index in [9.17, 15) is 13.2 Å². The highest BCUT2D eigenvalue weighted by Gasteiger charge is 2.26. The van der Waals surface area contributed by atoms with Crippen molar-refractivity contribution in [1.82, 2.24) is 5.32 Å². The molecule has 5 heteroatoms. The Morgan fingerprint density at radius 2 is 2.00 bits per heavy atom. The van der Waals surface area contributed by atoms with Crippen molar-refractivity contribution in [2.24, 2.45) is 0 Å². The van der Waals surface area contributed by atoms with E-state index in [1.165, 1.54) is 0 Å². The van der Waals surface area contributed by atoms with Crippen LogP contribution in [0.1, 0.15) is 24.4 Å². The van der Waals surface area contributed by atoms with Gasteiger partial charge in [0.25, 0.3) is 0 Å². The molecule has 1 saturated heterocycles. The Hall–Kier alpha value is -0.550. The standard InChI is InChI=1S/C10H9BrF3N/c11-9-6(13)4-5(12)8(10(9)14)7-2-1-3-15-7/h4,7,15H,1-3H2/t7-/m1/s1. The summed E-state index contributed by atoms with van der Waals surface area (Å²) >= 11 is 2.77. The summed E-state index contributed by atoms with van der Waals surface area (Å²) in [6.45, 7) is 0.735. The van der Waals surface area contributed by atoms with E-state index in [-0.39, 0.29) is 16.1 Å². The Bertz CT molecular complexity index is 389. The molecule has 1 aromatic carbocycles. The molecule has 0 amide bonds. The number of benzene rings is 1. The van der Waals surface area contributed by atoms with Crippen molar-refractivity contribution in [2.45, 2.75) is 18.9 Å². The van der Waals surface area contributed by atoms with E-state index in [0.29, 0.717) is 12.5 Å². The second-order valence-electron chi connectivity index (χ2n) is 3.53. The van der Waals surface area contributed by atoms with Crippen molar-refractivity contribution in [1.29, 1.82) is 0 Å². The maximum atomic E-state index is 13.6. The Kier molecular flexibility index (Phi) is 3.02. The van der Waals surface area contributed by atoms with Gasteiger partial charge >= 0.3 is 0 Å². The lowest BCUT2D eigenvalue weighted by molar-refractivity contribution is 0.483. The summed E-state index contributed by atoms with van der Waals surface area (Å²) in [7, 11) is 0. The van der Waals surface area contributed by atoms with Crippen LogP contribution < -0.4 is 5.32 Å². The van der Waals surface area contributed by atoms with Crippen molar-refractivity contribution in [3.63, 3.8) is 0 Å². The zero-order valence-electron chi connectivity index (χ0n) is 7.79. The second kappa shape index (κ2) is 4.14. The van der Waals surface area contributed by atoms with Gasteiger partial charge in [-0.2, -0.15) is 0 Å². The fraction of sp³-hybridized carbons (Fsp3) is 0.400. The molecule has 1 heterocycles. The molecular formula is C10H9BrF3N. The molecule has 1 aliphatic heterocycles. The molecular weight excluding hydrogens is 271 g/mol. The molecule has 0 unspecified atom stereocenters. The Labute approximate surface area is 93.8 Å². The summed E-state index contributed by atoms with van der Waals surface area (Å²) in [4.78, 5) is 0. The fourth-order valence-corrected chi connectivity index (χ4v) is 2.16. The molecule has 0 aliphatic carbocycles. The summed E-state index contributed by atoms with van der Waals surface area (Å²) in [5, 5.41) is 2.98. The number of nitrogens with one attached hydrogen (secondary N) is 1. The van der Waals surface area contributed by atoms with Gasteiger partial charge in [0, 0.05) is 17.7 Å². The summed E-state index contributed by atoms with van der Waals surface area (Å²) < 4.78 is 39.7. The number of halogens is 4. The lowest BCUT2D eigenvalue weighted by atomic mass is 10.0. The molecule has 0 aromatic heterocycles. The lowest BCUT2D eigenvalue weighted by Gasteiger charge is -2.14. The minimum atomic E-state index is -0.910. The average molecular weight is 280 g/mol. The molecule has 0 saturated carbocycles. The second-order valence-corrected chi connectivity index (χ2v) is 4.32. The maximum absolute atomic E-state index is 13.6. The minimum absolute atomic E-state index is 0.0687. The van der Waals surface area contributed by atoms with Crippen molar-refractivity contribution in [2.75, 3.05) is 6.54 Å². The van der Waals surface area contributed by atoms with Gasteiger partial charge in [-0.3, -0.25) is 0 Å². The van der Waals surface area contributed by atoms with Gasteiger partial charge in [0.05, 0.1) is 4.47 Å². The van der Waals surface area contributed by atoms with Gasteiger partial charge in [-0.1, -0.05) is 0 Å². The van der Waals surface area contributed by atoms with E-state index in [1.54, 1.807) is 0 Å². The molecule has 0 spiro atoms. The Morgan fingerprint density at radius 3 is 2.60 bits per heavy atom. The molecule has 1 fully saturated rings. The Morgan fingerprint density at radius 1 is 1.27 bits per heavy atom. The third kappa shape index (κ3) is 1.90. The van der Waals surface area contributed by atoms with E-state index in [2.05, 4.69) is 21.2 Å². The lowest BCUT2D eigenvalue weighted by Crippen LogP contribution is -2.16. The van der Waals surface area contributed by atoms with Crippen molar-refractivity contribution >= 4 is 15.9 Å². The van der Waals surface area contributed by atoms with Gasteiger partial charge < -0.3 is 5.32 Å². The van der Waals surface area contributed by atoms with E-state index in [1.807, 2.05) is 0 Å². The third-order valence-corrected chi connectivity index (χ3v) is 3.29. The van der Waals surface area contributed by atoms with Gasteiger partial charge in [-0.25, -0.2) is 13.2 Å². The van der Waals surface area contributed by atoms with Crippen LogP contribution in [0, 0.1) is 17.5 Å². The summed E-state index contributed by atoms with van der Waals surface area (Å²) in [6.07, 6.45) is 1.55. The molecule has 1 atom stereocenters. The van der Waals surface area contributed by atoms with Crippen LogP contribution in [0.4, 0.5) is 13.2 Å². The molecule has 82 valence electrons. The highest BCUT2D eigenvalue weighted by Crippen LogP contribution is 2.32. The molecule has 0 radical (unpaired) electrons. The van der Waals surface area contributed by atoms with Crippen LogP contribution in [0.15, 0.2) is 10.5 Å². The topological polar surface area (TPSA) is 12.0 Å². The monoisotopic (exact) mass is 279 g/mol. The van der Waals surface area contributed by atoms with Crippen molar-refractivity contribution in [3.05, 3.63) is 33.6 Å². The summed E-state index contributed by atoms with van der Waals surface area (Å²) in [5.74, 6) is -2.58. The molecule has 15 heavy (non-hydrogen) atoms. The van der Waals surface area contributed by atoms with Crippen LogP contribution in [0.2, 0.25) is 0 Å². The van der Waals surface area contributed by atoms with Crippen LogP contribution in [-0.4, -0.2) is 6.54 Å². The minimum Gasteiger partial charge on any atom is -0.310 e. The van der Waals surface area contributed by atoms with Gasteiger partial charge in [0.15, 0.2) is 0 Å². The SMILES string of the molecule is Fc1cc(F)c([C@H]2CCCN2)c(F)c1Br. The molecule has 2 rings (SSSR count). The first-order valence-electron chi connectivity index (χ1n) is 4.67. The number of hydrogen-bond acceptors (Lipinski definition) is 1. The smallest absolute Gasteiger partial charge is 0.148 e. The maximum Gasteiger partial charge on any atom is 0.148 e. The first-order valence-corrected chi connectivity index (χ1v) is 5.47. The first kappa shape index (κ1) is 11.0. The largest absolute Gasteiger partial charge is 0.310 e. The summed E-state index contributed by atoms with van der Waals surface area (Å²) in [6, 6.07) is 0.365. The molecule has 0 bridgehead atoms. The van der Waals surface area contributed by atoms with Crippen LogP contribution in [-0.2, 0) is 0 Å². The molecule has 1 N–H and O–H groups in total. The van der Waals surface area contributed by atoms with E-state index in [0.717, 1.165) is 13.0 Å². The van der Waals surface area contributed by atoms with Gasteiger partial charge in [-0.15, -0.1) is 0 Å². The van der Waals surface area contributed by atoms with Crippen molar-refractivity contribution < 1.29 is 13.2 Å². The summed E-state index contributed by atoms with van der Waals surface area (Å²) in [5.41, 5.74) is -0.0687. The first-order chi connectivity index (χ1) is 7.11. The normalized spacial score (nSPS) is 20.9. The highest BCUT2D eigenvalue weighted by molar-refractivity contribution is 9.10. The third-order valence-electron chi connectivity index (χ3n) is 2.56. The Balaban J connectivity index is 2.50. The van der Waals surface area contributed by atoms with E-state index < -0.39 is 17.5 Å². The average Bonchev–Trinajstić information content (AvgIpc) is 2.68.